The van der Waals surface area contributed by atoms with Crippen molar-refractivity contribution in [3.8, 4) is 0 Å². The zero-order valence-corrected chi connectivity index (χ0v) is 16.9. The summed E-state index contributed by atoms with van der Waals surface area (Å²) in [7, 11) is 0. The van der Waals surface area contributed by atoms with Crippen LogP contribution in [0.1, 0.15) is 30.2 Å². The maximum absolute atomic E-state index is 13.0. The van der Waals surface area contributed by atoms with Gasteiger partial charge in [0.15, 0.2) is 0 Å². The Hall–Kier alpha value is -1.84. The van der Waals surface area contributed by atoms with Crippen molar-refractivity contribution in [1.29, 1.82) is 0 Å². The summed E-state index contributed by atoms with van der Waals surface area (Å²) in [6, 6.07) is 1.99. The third-order valence-corrected chi connectivity index (χ3v) is 7.14. The van der Waals surface area contributed by atoms with Crippen molar-refractivity contribution < 1.29 is 9.59 Å². The topological polar surface area (TPSA) is 78.4 Å². The predicted molar refractivity (Wildman–Crippen MR) is 106 cm³/mol. The monoisotopic (exact) mass is 405 g/mol. The van der Waals surface area contributed by atoms with Crippen LogP contribution in [0.4, 0.5) is 5.13 Å². The van der Waals surface area contributed by atoms with Crippen molar-refractivity contribution in [1.82, 2.24) is 20.0 Å². The SMILES string of the molecule is C[C@@H](C(=O)N1CCc2sccc2C1)N1CCC(C(=O)Nc2nncs2)CC1. The van der Waals surface area contributed by atoms with E-state index in [2.05, 4.69) is 31.9 Å². The molecule has 1 saturated heterocycles. The number of anilines is 1. The van der Waals surface area contributed by atoms with Crippen LogP contribution in [0.3, 0.4) is 0 Å². The second-order valence-corrected chi connectivity index (χ2v) is 8.93. The molecule has 2 aliphatic rings. The molecule has 7 nitrogen and oxygen atoms in total. The molecular formula is C18H23N5O2S2. The van der Waals surface area contributed by atoms with Gasteiger partial charge in [-0.2, -0.15) is 0 Å². The molecule has 2 aromatic heterocycles. The molecule has 0 radical (unpaired) electrons. The molecule has 2 aromatic rings. The van der Waals surface area contributed by atoms with Gasteiger partial charge in [0.1, 0.15) is 5.51 Å². The lowest BCUT2D eigenvalue weighted by molar-refractivity contribution is -0.138. The molecule has 144 valence electrons. The van der Waals surface area contributed by atoms with Crippen LogP contribution in [0.5, 0.6) is 0 Å². The highest BCUT2D eigenvalue weighted by Crippen LogP contribution is 2.26. The average molecular weight is 406 g/mol. The normalized spacial score (nSPS) is 19.5. The number of carbonyl (C=O) groups is 2. The highest BCUT2D eigenvalue weighted by atomic mass is 32.1. The smallest absolute Gasteiger partial charge is 0.239 e. The molecule has 0 unspecified atom stereocenters. The number of nitrogens with zero attached hydrogens (tertiary/aromatic N) is 4. The summed E-state index contributed by atoms with van der Waals surface area (Å²) in [5, 5.41) is 13.1. The highest BCUT2D eigenvalue weighted by molar-refractivity contribution is 7.13. The van der Waals surface area contributed by atoms with Gasteiger partial charge >= 0.3 is 0 Å². The minimum Gasteiger partial charge on any atom is -0.337 e. The molecule has 2 amide bonds. The Kier molecular flexibility index (Phi) is 5.51. The van der Waals surface area contributed by atoms with E-state index in [1.54, 1.807) is 16.8 Å². The van der Waals surface area contributed by atoms with Gasteiger partial charge < -0.3 is 10.2 Å². The Balaban J connectivity index is 1.29. The molecule has 0 aromatic carbocycles. The average Bonchev–Trinajstić information content (AvgIpc) is 3.38. The van der Waals surface area contributed by atoms with Crippen LogP contribution in [-0.4, -0.2) is 57.5 Å². The summed E-state index contributed by atoms with van der Waals surface area (Å²) in [6.07, 6.45) is 2.48. The molecule has 0 aliphatic carbocycles. The molecule has 4 heterocycles. The Morgan fingerprint density at radius 1 is 1.26 bits per heavy atom. The van der Waals surface area contributed by atoms with Gasteiger partial charge in [-0.05, 0) is 56.3 Å². The van der Waals surface area contributed by atoms with E-state index in [1.165, 1.54) is 21.8 Å². The first-order chi connectivity index (χ1) is 13.1. The molecule has 0 saturated carbocycles. The molecule has 0 bridgehead atoms. The van der Waals surface area contributed by atoms with Crippen LogP contribution < -0.4 is 5.32 Å². The van der Waals surface area contributed by atoms with Crippen molar-refractivity contribution in [2.24, 2.45) is 5.92 Å². The molecule has 1 atom stereocenters. The van der Waals surface area contributed by atoms with E-state index in [4.69, 9.17) is 0 Å². The van der Waals surface area contributed by atoms with Crippen LogP contribution in [-0.2, 0) is 22.6 Å². The number of likely N-dealkylation sites (tertiary alicyclic amines) is 1. The van der Waals surface area contributed by atoms with Gasteiger partial charge in [-0.25, -0.2) is 0 Å². The number of fused-ring (bicyclic) bond motifs is 1. The minimum absolute atomic E-state index is 0.00592. The lowest BCUT2D eigenvalue weighted by Gasteiger charge is -2.37. The van der Waals surface area contributed by atoms with Crippen molar-refractivity contribution in [3.05, 3.63) is 27.4 Å². The minimum atomic E-state index is -0.141. The van der Waals surface area contributed by atoms with Gasteiger partial charge in [-0.1, -0.05) is 11.3 Å². The number of thiophene rings is 1. The number of carbonyl (C=O) groups excluding carboxylic acids is 2. The van der Waals surface area contributed by atoms with E-state index in [-0.39, 0.29) is 23.8 Å². The molecular weight excluding hydrogens is 382 g/mol. The number of nitrogens with one attached hydrogen (secondary N) is 1. The van der Waals surface area contributed by atoms with Crippen LogP contribution >= 0.6 is 22.7 Å². The third-order valence-electron chi connectivity index (χ3n) is 5.51. The predicted octanol–water partition coefficient (Wildman–Crippen LogP) is 2.22. The van der Waals surface area contributed by atoms with Crippen molar-refractivity contribution in [3.63, 3.8) is 0 Å². The fourth-order valence-electron chi connectivity index (χ4n) is 3.84. The molecule has 9 heteroatoms. The Bertz CT molecular complexity index is 799. The number of hydrogen-bond acceptors (Lipinski definition) is 7. The lowest BCUT2D eigenvalue weighted by atomic mass is 9.95. The Labute approximate surface area is 166 Å². The van der Waals surface area contributed by atoms with Gasteiger partial charge in [0.25, 0.3) is 0 Å². The van der Waals surface area contributed by atoms with Crippen molar-refractivity contribution >= 4 is 39.6 Å². The fourth-order valence-corrected chi connectivity index (χ4v) is 5.18. The number of amides is 2. The van der Waals surface area contributed by atoms with E-state index in [0.29, 0.717) is 5.13 Å². The van der Waals surface area contributed by atoms with Crippen LogP contribution in [0.2, 0.25) is 0 Å². The van der Waals surface area contributed by atoms with Crippen LogP contribution in [0.15, 0.2) is 17.0 Å². The van der Waals surface area contributed by atoms with Gasteiger partial charge in [-0.15, -0.1) is 21.5 Å². The lowest BCUT2D eigenvalue weighted by Crippen LogP contribution is -2.51. The van der Waals surface area contributed by atoms with E-state index in [0.717, 1.165) is 45.4 Å². The number of hydrogen-bond donors (Lipinski definition) is 1. The quantitative estimate of drug-likeness (QED) is 0.844. The molecule has 27 heavy (non-hydrogen) atoms. The third kappa shape index (κ3) is 4.04. The summed E-state index contributed by atoms with van der Waals surface area (Å²) in [5.74, 6) is 0.172. The number of piperidine rings is 1. The van der Waals surface area contributed by atoms with Crippen LogP contribution in [0, 0.1) is 5.92 Å². The van der Waals surface area contributed by atoms with E-state index < -0.39 is 0 Å². The summed E-state index contributed by atoms with van der Waals surface area (Å²) >= 11 is 3.11. The first kappa shape index (κ1) is 18.5. The van der Waals surface area contributed by atoms with E-state index in [9.17, 15) is 9.59 Å². The Morgan fingerprint density at radius 3 is 2.81 bits per heavy atom. The molecule has 0 spiro atoms. The van der Waals surface area contributed by atoms with Crippen LogP contribution in [0.25, 0.3) is 0 Å². The summed E-state index contributed by atoms with van der Waals surface area (Å²) in [6.45, 7) is 5.05. The molecule has 4 rings (SSSR count). The standard InChI is InChI=1S/C18H23N5O2S2/c1-12(17(25)23-8-4-15-14(10-23)5-9-26-15)22-6-2-13(3-7-22)16(24)20-18-21-19-11-27-18/h5,9,11-13H,2-4,6-8,10H2,1H3,(H,20,21,24)/t12-/m0/s1. The largest absolute Gasteiger partial charge is 0.337 e. The van der Waals surface area contributed by atoms with Gasteiger partial charge in [0.2, 0.25) is 16.9 Å². The van der Waals surface area contributed by atoms with E-state index in [1.807, 2.05) is 11.8 Å². The number of aromatic nitrogens is 2. The molecule has 1 fully saturated rings. The van der Waals surface area contributed by atoms with E-state index >= 15 is 0 Å². The van der Waals surface area contributed by atoms with Gasteiger partial charge in [0.05, 0.1) is 6.04 Å². The second kappa shape index (κ2) is 8.04. The zero-order valence-electron chi connectivity index (χ0n) is 15.3. The maximum Gasteiger partial charge on any atom is 0.239 e. The second-order valence-electron chi connectivity index (χ2n) is 7.10. The first-order valence-electron chi connectivity index (χ1n) is 9.27. The van der Waals surface area contributed by atoms with Crippen molar-refractivity contribution in [2.75, 3.05) is 25.0 Å². The summed E-state index contributed by atoms with van der Waals surface area (Å²) in [5.41, 5.74) is 2.89. The van der Waals surface area contributed by atoms with Gasteiger partial charge in [0, 0.05) is 23.9 Å². The summed E-state index contributed by atoms with van der Waals surface area (Å²) < 4.78 is 0. The zero-order chi connectivity index (χ0) is 18.8. The molecule has 2 aliphatic heterocycles. The summed E-state index contributed by atoms with van der Waals surface area (Å²) in [4.78, 5) is 30.9. The molecule has 1 N–H and O–H groups in total. The number of rotatable bonds is 4. The van der Waals surface area contributed by atoms with Gasteiger partial charge in [-0.3, -0.25) is 14.5 Å². The van der Waals surface area contributed by atoms with Crippen molar-refractivity contribution in [2.45, 2.75) is 38.8 Å². The first-order valence-corrected chi connectivity index (χ1v) is 11.0. The Morgan fingerprint density at radius 2 is 2.07 bits per heavy atom. The maximum atomic E-state index is 13.0. The highest BCUT2D eigenvalue weighted by Gasteiger charge is 2.33. The fraction of sp³-hybridized carbons (Fsp3) is 0.556.